The molecule has 4 rings (SSSR count). The Morgan fingerprint density at radius 2 is 1.74 bits per heavy atom. The fraction of sp³-hybridized carbons (Fsp3) is 0.0435. The molecule has 0 aromatic heterocycles. The number of esters is 1. The molecular formula is C23H14ClN3O7. The number of ether oxygens (including phenoxy) is 2. The fourth-order valence-corrected chi connectivity index (χ4v) is 3.26. The molecule has 0 atom stereocenters. The summed E-state index contributed by atoms with van der Waals surface area (Å²) in [4.78, 5) is 37.3. The van der Waals surface area contributed by atoms with Crippen molar-refractivity contribution in [3.8, 4) is 5.75 Å². The first kappa shape index (κ1) is 22.6. The van der Waals surface area contributed by atoms with E-state index in [4.69, 9.17) is 21.1 Å². The second kappa shape index (κ2) is 9.51. The SMILES string of the molecule is O=C1OC(c2ccc(Cl)c([N+](=O)[O-])c2)=N/C1=C\c1ccccc1OCc1ccc([N+](=O)[O-])cc1. The lowest BCUT2D eigenvalue weighted by atomic mass is 10.1. The average Bonchev–Trinajstić information content (AvgIpc) is 3.19. The first-order chi connectivity index (χ1) is 16.3. The fourth-order valence-electron chi connectivity index (χ4n) is 3.07. The van der Waals surface area contributed by atoms with Crippen LogP contribution in [-0.4, -0.2) is 21.7 Å². The van der Waals surface area contributed by atoms with Crippen molar-refractivity contribution < 1.29 is 24.1 Å². The normalized spacial score (nSPS) is 14.0. The molecule has 1 heterocycles. The number of non-ortho nitro benzene ring substituents is 1. The van der Waals surface area contributed by atoms with Crippen LogP contribution in [0.3, 0.4) is 0 Å². The van der Waals surface area contributed by atoms with E-state index in [-0.39, 0.29) is 40.2 Å². The topological polar surface area (TPSA) is 134 Å². The van der Waals surface area contributed by atoms with E-state index in [1.165, 1.54) is 36.4 Å². The summed E-state index contributed by atoms with van der Waals surface area (Å²) in [5, 5.41) is 21.9. The number of carbonyl (C=O) groups excluding carboxylic acids is 1. The van der Waals surface area contributed by atoms with Crippen molar-refractivity contribution in [2.75, 3.05) is 0 Å². The molecule has 0 unspecified atom stereocenters. The number of hydrogen-bond donors (Lipinski definition) is 0. The van der Waals surface area contributed by atoms with Gasteiger partial charge in [0, 0.05) is 29.3 Å². The smallest absolute Gasteiger partial charge is 0.363 e. The van der Waals surface area contributed by atoms with Crippen LogP contribution in [0.5, 0.6) is 5.75 Å². The highest BCUT2D eigenvalue weighted by Crippen LogP contribution is 2.29. The van der Waals surface area contributed by atoms with Crippen molar-refractivity contribution in [2.45, 2.75) is 6.61 Å². The van der Waals surface area contributed by atoms with Gasteiger partial charge in [-0.1, -0.05) is 29.8 Å². The van der Waals surface area contributed by atoms with Crippen LogP contribution in [0.15, 0.2) is 77.4 Å². The number of cyclic esters (lactones) is 1. The van der Waals surface area contributed by atoms with Gasteiger partial charge in [0.1, 0.15) is 17.4 Å². The van der Waals surface area contributed by atoms with Crippen LogP contribution in [0.2, 0.25) is 5.02 Å². The van der Waals surface area contributed by atoms with Gasteiger partial charge in [0.2, 0.25) is 5.90 Å². The molecule has 11 heteroatoms. The van der Waals surface area contributed by atoms with Crippen LogP contribution in [-0.2, 0) is 16.1 Å². The molecule has 34 heavy (non-hydrogen) atoms. The number of para-hydroxylation sites is 1. The number of halogens is 1. The summed E-state index contributed by atoms with van der Waals surface area (Å²) in [6, 6.07) is 16.8. The van der Waals surface area contributed by atoms with Gasteiger partial charge in [-0.05, 0) is 42.0 Å². The van der Waals surface area contributed by atoms with Gasteiger partial charge in [0.05, 0.1) is 9.85 Å². The molecule has 1 aliphatic rings. The summed E-state index contributed by atoms with van der Waals surface area (Å²) < 4.78 is 11.0. The molecule has 0 saturated carbocycles. The Morgan fingerprint density at radius 3 is 2.44 bits per heavy atom. The van der Waals surface area contributed by atoms with Gasteiger partial charge in [-0.25, -0.2) is 9.79 Å². The van der Waals surface area contributed by atoms with E-state index in [1.54, 1.807) is 36.4 Å². The molecule has 3 aromatic rings. The number of nitro benzene ring substituents is 2. The Hall–Kier alpha value is -4.57. The zero-order valence-corrected chi connectivity index (χ0v) is 18.0. The van der Waals surface area contributed by atoms with Crippen LogP contribution < -0.4 is 4.74 Å². The third-order valence-corrected chi connectivity index (χ3v) is 5.08. The minimum atomic E-state index is -0.724. The van der Waals surface area contributed by atoms with Crippen molar-refractivity contribution in [1.82, 2.24) is 0 Å². The maximum absolute atomic E-state index is 12.4. The third-order valence-electron chi connectivity index (χ3n) is 4.76. The van der Waals surface area contributed by atoms with Crippen molar-refractivity contribution in [3.05, 3.63) is 114 Å². The molecule has 1 aliphatic heterocycles. The van der Waals surface area contributed by atoms with Gasteiger partial charge in [0.25, 0.3) is 11.4 Å². The lowest BCUT2D eigenvalue weighted by molar-refractivity contribution is -0.385. The first-order valence-corrected chi connectivity index (χ1v) is 10.1. The van der Waals surface area contributed by atoms with E-state index in [2.05, 4.69) is 4.99 Å². The van der Waals surface area contributed by atoms with E-state index >= 15 is 0 Å². The summed E-state index contributed by atoms with van der Waals surface area (Å²) in [6.45, 7) is 0.144. The van der Waals surface area contributed by atoms with E-state index in [0.717, 1.165) is 5.56 Å². The van der Waals surface area contributed by atoms with Crippen LogP contribution >= 0.6 is 11.6 Å². The summed E-state index contributed by atoms with van der Waals surface area (Å²) in [7, 11) is 0. The Morgan fingerprint density at radius 1 is 1.00 bits per heavy atom. The van der Waals surface area contributed by atoms with Gasteiger partial charge >= 0.3 is 5.97 Å². The van der Waals surface area contributed by atoms with E-state index in [0.29, 0.717) is 11.3 Å². The molecular weight excluding hydrogens is 466 g/mol. The maximum Gasteiger partial charge on any atom is 0.363 e. The van der Waals surface area contributed by atoms with E-state index in [9.17, 15) is 25.0 Å². The lowest BCUT2D eigenvalue weighted by Crippen LogP contribution is -2.06. The zero-order chi connectivity index (χ0) is 24.2. The predicted octanol–water partition coefficient (Wildman–Crippen LogP) is 5.08. The third kappa shape index (κ3) is 4.92. The number of rotatable bonds is 7. The number of aliphatic imine (C=N–C) groups is 1. The molecule has 3 aromatic carbocycles. The minimum absolute atomic E-state index is 0.0148. The van der Waals surface area contributed by atoms with Crippen LogP contribution in [0.25, 0.3) is 6.08 Å². The second-order valence-electron chi connectivity index (χ2n) is 7.01. The Bertz CT molecular complexity index is 1370. The van der Waals surface area contributed by atoms with E-state index in [1.807, 2.05) is 0 Å². The van der Waals surface area contributed by atoms with Crippen molar-refractivity contribution in [1.29, 1.82) is 0 Å². The molecule has 170 valence electrons. The Labute approximate surface area is 197 Å². The molecule has 10 nitrogen and oxygen atoms in total. The number of nitro groups is 2. The summed E-state index contributed by atoms with van der Waals surface area (Å²) in [5.74, 6) is -0.356. The van der Waals surface area contributed by atoms with Gasteiger partial charge in [-0.15, -0.1) is 0 Å². The van der Waals surface area contributed by atoms with Gasteiger partial charge in [-0.2, -0.15) is 0 Å². The molecule has 0 spiro atoms. The van der Waals surface area contributed by atoms with Crippen LogP contribution in [0.1, 0.15) is 16.7 Å². The highest BCUT2D eigenvalue weighted by atomic mass is 35.5. The number of hydrogen-bond acceptors (Lipinski definition) is 8. The number of nitrogens with zero attached hydrogens (tertiary/aromatic N) is 3. The monoisotopic (exact) mass is 479 g/mol. The molecule has 0 aliphatic carbocycles. The van der Waals surface area contributed by atoms with Crippen LogP contribution in [0, 0.1) is 20.2 Å². The Balaban J connectivity index is 1.57. The van der Waals surface area contributed by atoms with Crippen molar-refractivity contribution >= 4 is 40.9 Å². The standard InChI is InChI=1S/C23H14ClN3O7/c24-18-10-7-16(12-20(18)27(31)32)22-25-19(23(28)34-22)11-15-3-1-2-4-21(15)33-13-14-5-8-17(9-6-14)26(29)30/h1-12H,13H2/b19-11-. The second-order valence-corrected chi connectivity index (χ2v) is 7.42. The van der Waals surface area contributed by atoms with Crippen molar-refractivity contribution in [2.24, 2.45) is 4.99 Å². The van der Waals surface area contributed by atoms with Gasteiger partial charge in [-0.3, -0.25) is 20.2 Å². The van der Waals surface area contributed by atoms with Crippen molar-refractivity contribution in [3.63, 3.8) is 0 Å². The van der Waals surface area contributed by atoms with Crippen LogP contribution in [0.4, 0.5) is 11.4 Å². The summed E-state index contributed by atoms with van der Waals surface area (Å²) in [5.41, 5.74) is 1.13. The minimum Gasteiger partial charge on any atom is -0.488 e. The average molecular weight is 480 g/mol. The van der Waals surface area contributed by atoms with E-state index < -0.39 is 15.8 Å². The number of benzene rings is 3. The summed E-state index contributed by atoms with van der Waals surface area (Å²) in [6.07, 6.45) is 1.48. The van der Waals surface area contributed by atoms with Gasteiger partial charge in [0.15, 0.2) is 5.70 Å². The zero-order valence-electron chi connectivity index (χ0n) is 17.2. The molecule has 0 bridgehead atoms. The Kier molecular flexibility index (Phi) is 6.33. The molecule has 0 saturated heterocycles. The van der Waals surface area contributed by atoms with Gasteiger partial charge < -0.3 is 9.47 Å². The largest absolute Gasteiger partial charge is 0.488 e. The number of carbonyl (C=O) groups is 1. The predicted molar refractivity (Wildman–Crippen MR) is 123 cm³/mol. The quantitative estimate of drug-likeness (QED) is 0.199. The lowest BCUT2D eigenvalue weighted by Gasteiger charge is -2.09. The molecule has 0 amide bonds. The molecule has 0 radical (unpaired) electrons. The molecule has 0 fully saturated rings. The first-order valence-electron chi connectivity index (χ1n) is 9.74. The highest BCUT2D eigenvalue weighted by Gasteiger charge is 2.26. The highest BCUT2D eigenvalue weighted by molar-refractivity contribution is 6.32. The maximum atomic E-state index is 12.4. The summed E-state index contributed by atoms with van der Waals surface area (Å²) >= 11 is 5.83. The molecule has 0 N–H and O–H groups in total.